The molecule has 1 aromatic heterocycles. The largest absolute Gasteiger partial charge is 0.316 e. The van der Waals surface area contributed by atoms with Crippen molar-refractivity contribution in [1.82, 2.24) is 15.1 Å². The molecule has 0 aliphatic carbocycles. The third-order valence-electron chi connectivity index (χ3n) is 4.25. The summed E-state index contributed by atoms with van der Waals surface area (Å²) in [7, 11) is 2.02. The van der Waals surface area contributed by atoms with Crippen molar-refractivity contribution in [2.24, 2.45) is 0 Å². The maximum atomic E-state index is 4.84. The summed E-state index contributed by atoms with van der Waals surface area (Å²) in [6.45, 7) is 8.77. The number of nitrogens with one attached hydrogen (secondary N) is 1. The standard InChI is InChI=1S/C18H35N3/c1-5-8-9-10-11-12-13-14-21-18(7-3)16(15-19-4)17(6-2)20-21/h19H,5-15H2,1-4H3. The molecular formula is C18H35N3. The van der Waals surface area contributed by atoms with Gasteiger partial charge in [0.1, 0.15) is 0 Å². The van der Waals surface area contributed by atoms with Crippen molar-refractivity contribution in [2.75, 3.05) is 7.05 Å². The summed E-state index contributed by atoms with van der Waals surface area (Å²) in [4.78, 5) is 0. The number of hydrogen-bond donors (Lipinski definition) is 1. The van der Waals surface area contributed by atoms with Crippen molar-refractivity contribution in [2.45, 2.75) is 91.6 Å². The molecule has 3 heteroatoms. The van der Waals surface area contributed by atoms with Gasteiger partial charge in [-0.15, -0.1) is 0 Å². The minimum Gasteiger partial charge on any atom is -0.316 e. The number of aryl methyl sites for hydroxylation is 2. The van der Waals surface area contributed by atoms with E-state index < -0.39 is 0 Å². The van der Waals surface area contributed by atoms with E-state index in [9.17, 15) is 0 Å². The van der Waals surface area contributed by atoms with Gasteiger partial charge in [-0.25, -0.2) is 0 Å². The highest BCUT2D eigenvalue weighted by Crippen LogP contribution is 2.17. The Kier molecular flexibility index (Phi) is 9.40. The maximum Gasteiger partial charge on any atom is 0.0669 e. The van der Waals surface area contributed by atoms with Gasteiger partial charge < -0.3 is 5.32 Å². The first-order chi connectivity index (χ1) is 10.3. The fourth-order valence-electron chi connectivity index (χ4n) is 3.05. The molecule has 0 aromatic carbocycles. The number of hydrogen-bond acceptors (Lipinski definition) is 2. The van der Waals surface area contributed by atoms with Crippen LogP contribution in [0.25, 0.3) is 0 Å². The zero-order valence-electron chi connectivity index (χ0n) is 14.7. The molecule has 0 aliphatic rings. The molecule has 0 atom stereocenters. The van der Waals surface area contributed by atoms with Gasteiger partial charge in [-0.2, -0.15) is 5.10 Å². The van der Waals surface area contributed by atoms with Gasteiger partial charge in [0.2, 0.25) is 0 Å². The molecule has 0 unspecified atom stereocenters. The molecule has 1 heterocycles. The van der Waals surface area contributed by atoms with Crippen molar-refractivity contribution < 1.29 is 0 Å². The Bertz CT molecular complexity index is 382. The lowest BCUT2D eigenvalue weighted by molar-refractivity contribution is 0.508. The molecular weight excluding hydrogens is 258 g/mol. The zero-order valence-corrected chi connectivity index (χ0v) is 14.7. The van der Waals surface area contributed by atoms with Crippen LogP contribution in [0.2, 0.25) is 0 Å². The normalized spacial score (nSPS) is 11.2. The fourth-order valence-corrected chi connectivity index (χ4v) is 3.05. The Morgan fingerprint density at radius 3 is 2.14 bits per heavy atom. The van der Waals surface area contributed by atoms with E-state index >= 15 is 0 Å². The minimum atomic E-state index is 0.948. The van der Waals surface area contributed by atoms with Crippen LogP contribution in [0.1, 0.15) is 82.7 Å². The van der Waals surface area contributed by atoms with Crippen LogP contribution >= 0.6 is 0 Å². The Morgan fingerprint density at radius 2 is 1.57 bits per heavy atom. The molecule has 0 aliphatic heterocycles. The van der Waals surface area contributed by atoms with Crippen LogP contribution in [0.15, 0.2) is 0 Å². The smallest absolute Gasteiger partial charge is 0.0669 e. The van der Waals surface area contributed by atoms with Crippen molar-refractivity contribution in [3.63, 3.8) is 0 Å². The maximum absolute atomic E-state index is 4.84. The second kappa shape index (κ2) is 10.8. The highest BCUT2D eigenvalue weighted by atomic mass is 15.3. The molecule has 21 heavy (non-hydrogen) atoms. The molecule has 122 valence electrons. The Balaban J connectivity index is 2.47. The Hall–Kier alpha value is -0.830. The molecule has 0 radical (unpaired) electrons. The minimum absolute atomic E-state index is 0.948. The highest BCUT2D eigenvalue weighted by molar-refractivity contribution is 5.26. The molecule has 0 bridgehead atoms. The van der Waals surface area contributed by atoms with E-state index in [-0.39, 0.29) is 0 Å². The molecule has 1 N–H and O–H groups in total. The second-order valence-electron chi connectivity index (χ2n) is 5.95. The summed E-state index contributed by atoms with van der Waals surface area (Å²) in [6, 6.07) is 0. The Labute approximate surface area is 131 Å². The highest BCUT2D eigenvalue weighted by Gasteiger charge is 2.14. The topological polar surface area (TPSA) is 29.9 Å². The fraction of sp³-hybridized carbons (Fsp3) is 0.833. The van der Waals surface area contributed by atoms with Crippen LogP contribution in [0, 0.1) is 0 Å². The quantitative estimate of drug-likeness (QED) is 0.576. The summed E-state index contributed by atoms with van der Waals surface area (Å²) >= 11 is 0. The van der Waals surface area contributed by atoms with E-state index in [2.05, 4.69) is 30.8 Å². The van der Waals surface area contributed by atoms with Gasteiger partial charge >= 0.3 is 0 Å². The number of rotatable bonds is 12. The summed E-state index contributed by atoms with van der Waals surface area (Å²) in [5.74, 6) is 0. The van der Waals surface area contributed by atoms with Crippen LogP contribution in [0.5, 0.6) is 0 Å². The first kappa shape index (κ1) is 18.2. The van der Waals surface area contributed by atoms with Gasteiger partial charge in [-0.3, -0.25) is 4.68 Å². The van der Waals surface area contributed by atoms with Gasteiger partial charge in [-0.05, 0) is 26.3 Å². The third-order valence-corrected chi connectivity index (χ3v) is 4.25. The van der Waals surface area contributed by atoms with Crippen LogP contribution in [0.3, 0.4) is 0 Å². The van der Waals surface area contributed by atoms with Gasteiger partial charge in [0, 0.05) is 24.3 Å². The number of nitrogens with zero attached hydrogens (tertiary/aromatic N) is 2. The zero-order chi connectivity index (χ0) is 15.5. The van der Waals surface area contributed by atoms with Crippen LogP contribution in [-0.4, -0.2) is 16.8 Å². The lowest BCUT2D eigenvalue weighted by Gasteiger charge is -2.08. The predicted molar refractivity (Wildman–Crippen MR) is 91.7 cm³/mol. The summed E-state index contributed by atoms with van der Waals surface area (Å²) in [6.07, 6.45) is 11.6. The number of aromatic nitrogens is 2. The van der Waals surface area contributed by atoms with Gasteiger partial charge in [0.15, 0.2) is 0 Å². The second-order valence-corrected chi connectivity index (χ2v) is 5.95. The van der Waals surface area contributed by atoms with E-state index in [0.29, 0.717) is 0 Å². The van der Waals surface area contributed by atoms with E-state index in [1.165, 1.54) is 61.9 Å². The van der Waals surface area contributed by atoms with Crippen LogP contribution < -0.4 is 5.32 Å². The summed E-state index contributed by atoms with van der Waals surface area (Å²) in [5.41, 5.74) is 4.15. The van der Waals surface area contributed by atoms with Gasteiger partial charge in [-0.1, -0.05) is 59.3 Å². The van der Waals surface area contributed by atoms with Crippen molar-refractivity contribution in [1.29, 1.82) is 0 Å². The van der Waals surface area contributed by atoms with Crippen LogP contribution in [0.4, 0.5) is 0 Å². The van der Waals surface area contributed by atoms with E-state index in [4.69, 9.17) is 5.10 Å². The lowest BCUT2D eigenvalue weighted by Crippen LogP contribution is -2.10. The molecule has 0 amide bonds. The average Bonchev–Trinajstić information content (AvgIpc) is 2.83. The van der Waals surface area contributed by atoms with E-state index in [0.717, 1.165) is 25.9 Å². The molecule has 1 rings (SSSR count). The van der Waals surface area contributed by atoms with E-state index in [1.807, 2.05) is 7.05 Å². The summed E-state index contributed by atoms with van der Waals surface area (Å²) in [5, 5.41) is 8.13. The molecule has 0 fully saturated rings. The third kappa shape index (κ3) is 5.82. The first-order valence-corrected chi connectivity index (χ1v) is 9.00. The predicted octanol–water partition coefficient (Wildman–Crippen LogP) is 4.48. The van der Waals surface area contributed by atoms with E-state index in [1.54, 1.807) is 0 Å². The SMILES string of the molecule is CCCCCCCCCn1nc(CC)c(CNC)c1CC. The first-order valence-electron chi connectivity index (χ1n) is 9.00. The molecule has 3 nitrogen and oxygen atoms in total. The van der Waals surface area contributed by atoms with Gasteiger partial charge in [0.05, 0.1) is 5.69 Å². The monoisotopic (exact) mass is 293 g/mol. The molecule has 1 aromatic rings. The lowest BCUT2D eigenvalue weighted by atomic mass is 10.1. The van der Waals surface area contributed by atoms with Gasteiger partial charge in [0.25, 0.3) is 0 Å². The molecule has 0 spiro atoms. The van der Waals surface area contributed by atoms with Crippen molar-refractivity contribution >= 4 is 0 Å². The van der Waals surface area contributed by atoms with Crippen molar-refractivity contribution in [3.05, 3.63) is 17.0 Å². The van der Waals surface area contributed by atoms with Crippen LogP contribution in [-0.2, 0) is 25.9 Å². The average molecular weight is 293 g/mol. The number of unbranched alkanes of at least 4 members (excludes halogenated alkanes) is 6. The van der Waals surface area contributed by atoms with Crippen molar-refractivity contribution in [3.8, 4) is 0 Å². The Morgan fingerprint density at radius 1 is 0.905 bits per heavy atom. The molecule has 0 saturated heterocycles. The summed E-state index contributed by atoms with van der Waals surface area (Å²) < 4.78 is 2.28. The molecule has 0 saturated carbocycles.